The van der Waals surface area contributed by atoms with Gasteiger partial charge in [0.2, 0.25) is 5.91 Å². The second-order valence-electron chi connectivity index (χ2n) is 13.7. The van der Waals surface area contributed by atoms with E-state index in [0.29, 0.717) is 12.8 Å². The highest BCUT2D eigenvalue weighted by Crippen LogP contribution is 2.15. The second kappa shape index (κ2) is 36.6. The number of carbonyl (C=O) groups is 1. The summed E-state index contributed by atoms with van der Waals surface area (Å²) in [6, 6.07) is -0.535. The van der Waals surface area contributed by atoms with Crippen molar-refractivity contribution >= 4 is 5.91 Å². The molecular formula is C40H79NO3. The fourth-order valence-electron chi connectivity index (χ4n) is 6.18. The van der Waals surface area contributed by atoms with E-state index in [2.05, 4.69) is 31.3 Å². The third-order valence-corrected chi connectivity index (χ3v) is 9.28. The van der Waals surface area contributed by atoms with Crippen molar-refractivity contribution in [3.8, 4) is 0 Å². The second-order valence-corrected chi connectivity index (χ2v) is 13.7. The monoisotopic (exact) mass is 622 g/mol. The minimum absolute atomic E-state index is 0.0385. The lowest BCUT2D eigenvalue weighted by molar-refractivity contribution is -0.123. The first-order valence-corrected chi connectivity index (χ1v) is 19.9. The zero-order valence-corrected chi connectivity index (χ0v) is 29.9. The minimum Gasteiger partial charge on any atom is -0.394 e. The Kier molecular flexibility index (Phi) is 35.9. The van der Waals surface area contributed by atoms with E-state index < -0.39 is 12.1 Å². The highest BCUT2D eigenvalue weighted by atomic mass is 16.3. The van der Waals surface area contributed by atoms with Crippen molar-refractivity contribution in [2.75, 3.05) is 6.61 Å². The summed E-state index contributed by atoms with van der Waals surface area (Å²) >= 11 is 0. The maximum Gasteiger partial charge on any atom is 0.220 e. The molecule has 0 radical (unpaired) electrons. The molecule has 3 N–H and O–H groups in total. The summed E-state index contributed by atoms with van der Waals surface area (Å²) in [5, 5.41) is 23.1. The first-order chi connectivity index (χ1) is 21.7. The number of amides is 1. The number of aliphatic hydroxyl groups is 2. The van der Waals surface area contributed by atoms with E-state index in [1.165, 1.54) is 167 Å². The van der Waals surface area contributed by atoms with E-state index in [-0.39, 0.29) is 12.5 Å². The van der Waals surface area contributed by atoms with Gasteiger partial charge in [-0.15, -0.1) is 0 Å². The van der Waals surface area contributed by atoms with Crippen molar-refractivity contribution < 1.29 is 15.0 Å². The Morgan fingerprint density at radius 2 is 0.864 bits per heavy atom. The third-order valence-electron chi connectivity index (χ3n) is 9.28. The molecule has 0 rings (SSSR count). The van der Waals surface area contributed by atoms with Gasteiger partial charge in [0.05, 0.1) is 18.8 Å². The van der Waals surface area contributed by atoms with Gasteiger partial charge >= 0.3 is 0 Å². The number of hydrogen-bond acceptors (Lipinski definition) is 3. The van der Waals surface area contributed by atoms with Gasteiger partial charge in [-0.2, -0.15) is 0 Å². The van der Waals surface area contributed by atoms with E-state index in [0.717, 1.165) is 25.7 Å². The fraction of sp³-hybridized carbons (Fsp3) is 0.925. The molecule has 2 atom stereocenters. The lowest BCUT2D eigenvalue weighted by atomic mass is 10.0. The van der Waals surface area contributed by atoms with Crippen LogP contribution in [0.2, 0.25) is 0 Å². The van der Waals surface area contributed by atoms with Crippen LogP contribution in [-0.4, -0.2) is 34.9 Å². The summed E-state index contributed by atoms with van der Waals surface area (Å²) in [5.41, 5.74) is 0. The minimum atomic E-state index is -0.658. The average Bonchev–Trinajstić information content (AvgIpc) is 3.03. The smallest absolute Gasteiger partial charge is 0.220 e. The maximum atomic E-state index is 12.3. The third kappa shape index (κ3) is 32.5. The predicted molar refractivity (Wildman–Crippen MR) is 193 cm³/mol. The maximum absolute atomic E-state index is 12.3. The zero-order valence-electron chi connectivity index (χ0n) is 29.9. The molecule has 0 fully saturated rings. The van der Waals surface area contributed by atoms with Crippen molar-refractivity contribution in [1.29, 1.82) is 0 Å². The number of aliphatic hydroxyl groups excluding tert-OH is 2. The normalized spacial score (nSPS) is 13.1. The lowest BCUT2D eigenvalue weighted by Crippen LogP contribution is -2.45. The van der Waals surface area contributed by atoms with Crippen LogP contribution in [0.5, 0.6) is 0 Å². The predicted octanol–water partition coefficient (Wildman–Crippen LogP) is 11.9. The Morgan fingerprint density at radius 3 is 1.25 bits per heavy atom. The first-order valence-electron chi connectivity index (χ1n) is 19.9. The van der Waals surface area contributed by atoms with E-state index in [1.54, 1.807) is 0 Å². The van der Waals surface area contributed by atoms with Gasteiger partial charge in [0.25, 0.3) is 0 Å². The number of nitrogens with one attached hydrogen (secondary N) is 1. The molecule has 0 aliphatic heterocycles. The highest BCUT2D eigenvalue weighted by molar-refractivity contribution is 5.76. The highest BCUT2D eigenvalue weighted by Gasteiger charge is 2.19. The van der Waals surface area contributed by atoms with Crippen molar-refractivity contribution in [1.82, 2.24) is 5.32 Å². The molecule has 0 spiro atoms. The summed E-state index contributed by atoms with van der Waals surface area (Å²) in [5.74, 6) is -0.0385. The van der Waals surface area contributed by atoms with Gasteiger partial charge in [0.1, 0.15) is 0 Å². The molecule has 2 unspecified atom stereocenters. The Labute approximate surface area is 276 Å². The van der Waals surface area contributed by atoms with Gasteiger partial charge in [0.15, 0.2) is 0 Å². The van der Waals surface area contributed by atoms with E-state index >= 15 is 0 Å². The number of unbranched alkanes of at least 4 members (excludes halogenated alkanes) is 27. The largest absolute Gasteiger partial charge is 0.394 e. The number of carbonyl (C=O) groups excluding carboxylic acids is 1. The molecule has 0 aromatic carbocycles. The molecule has 44 heavy (non-hydrogen) atoms. The molecule has 4 nitrogen and oxygen atoms in total. The molecule has 0 aliphatic carbocycles. The van der Waals surface area contributed by atoms with Gasteiger partial charge in [-0.3, -0.25) is 4.79 Å². The van der Waals surface area contributed by atoms with Gasteiger partial charge in [0, 0.05) is 6.42 Å². The summed E-state index contributed by atoms with van der Waals surface area (Å²) in [4.78, 5) is 12.3. The van der Waals surface area contributed by atoms with Crippen molar-refractivity contribution in [2.24, 2.45) is 0 Å². The van der Waals surface area contributed by atoms with Gasteiger partial charge < -0.3 is 15.5 Å². The Balaban J connectivity index is 3.54. The fourth-order valence-corrected chi connectivity index (χ4v) is 6.18. The number of hydrogen-bond donors (Lipinski definition) is 3. The van der Waals surface area contributed by atoms with E-state index in [4.69, 9.17) is 0 Å². The number of allylic oxidation sites excluding steroid dienone is 2. The molecule has 262 valence electrons. The summed E-state index contributed by atoms with van der Waals surface area (Å²) in [7, 11) is 0. The molecule has 0 aromatic heterocycles. The van der Waals surface area contributed by atoms with Crippen LogP contribution < -0.4 is 5.32 Å². The molecule has 0 heterocycles. The molecule has 0 bridgehead atoms. The molecule has 0 saturated heterocycles. The van der Waals surface area contributed by atoms with Crippen molar-refractivity contribution in [3.63, 3.8) is 0 Å². The van der Waals surface area contributed by atoms with Gasteiger partial charge in [-0.25, -0.2) is 0 Å². The SMILES string of the molecule is CCCCCCCCC/C=C\CCCCCCCC(=O)NC(CO)C(O)CCCCCCCCCCCCCCCCCC. The van der Waals surface area contributed by atoms with E-state index in [1.807, 2.05) is 0 Å². The Hall–Kier alpha value is -0.870. The molecule has 0 saturated carbocycles. The lowest BCUT2D eigenvalue weighted by Gasteiger charge is -2.22. The Morgan fingerprint density at radius 1 is 0.523 bits per heavy atom. The average molecular weight is 622 g/mol. The first kappa shape index (κ1) is 43.1. The topological polar surface area (TPSA) is 69.6 Å². The van der Waals surface area contributed by atoms with Crippen LogP contribution in [0, 0.1) is 0 Å². The van der Waals surface area contributed by atoms with Crippen LogP contribution in [0.1, 0.15) is 219 Å². The molecular weight excluding hydrogens is 542 g/mol. The van der Waals surface area contributed by atoms with Gasteiger partial charge in [-0.1, -0.05) is 187 Å². The summed E-state index contributed by atoms with van der Waals surface area (Å²) in [6.45, 7) is 4.36. The number of rotatable bonds is 36. The summed E-state index contributed by atoms with van der Waals surface area (Å²) < 4.78 is 0. The van der Waals surface area contributed by atoms with Crippen LogP contribution in [0.25, 0.3) is 0 Å². The van der Waals surface area contributed by atoms with Crippen molar-refractivity contribution in [3.05, 3.63) is 12.2 Å². The zero-order chi connectivity index (χ0) is 32.2. The van der Waals surface area contributed by atoms with Crippen LogP contribution in [0.4, 0.5) is 0 Å². The van der Waals surface area contributed by atoms with Crippen LogP contribution >= 0.6 is 0 Å². The van der Waals surface area contributed by atoms with Crippen LogP contribution in [0.3, 0.4) is 0 Å². The Bertz CT molecular complexity index is 593. The van der Waals surface area contributed by atoms with Crippen molar-refractivity contribution in [2.45, 2.75) is 231 Å². The quantitative estimate of drug-likeness (QED) is 0.0481. The molecule has 1 amide bonds. The summed E-state index contributed by atoms with van der Waals surface area (Å²) in [6.07, 6.45) is 44.1. The van der Waals surface area contributed by atoms with E-state index in [9.17, 15) is 15.0 Å². The van der Waals surface area contributed by atoms with Gasteiger partial charge in [-0.05, 0) is 38.5 Å². The van der Waals surface area contributed by atoms with Crippen LogP contribution in [0.15, 0.2) is 12.2 Å². The molecule has 0 aliphatic rings. The van der Waals surface area contributed by atoms with Crippen LogP contribution in [-0.2, 0) is 4.79 Å². The molecule has 0 aromatic rings. The molecule has 4 heteroatoms. The standard InChI is InChI=1S/C40H79NO3/c1-3-5-7-9-11-13-15-17-19-21-23-25-27-29-31-33-35-39(43)38(37-42)41-40(44)36-34-32-30-28-26-24-22-20-18-16-14-12-10-8-6-4-2/h20,22,38-39,42-43H,3-19,21,23-37H2,1-2H3,(H,41,44)/b22-20-.